The third-order valence-electron chi connectivity index (χ3n) is 6.28. The minimum absolute atomic E-state index is 0.204. The van der Waals surface area contributed by atoms with Crippen molar-refractivity contribution < 1.29 is 13.9 Å². The average Bonchev–Trinajstić information content (AvgIpc) is 3.06. The van der Waals surface area contributed by atoms with Gasteiger partial charge in [0.1, 0.15) is 11.3 Å². The van der Waals surface area contributed by atoms with Gasteiger partial charge in [-0.05, 0) is 57.0 Å². The molecule has 3 heterocycles. The van der Waals surface area contributed by atoms with E-state index >= 15 is 0 Å². The van der Waals surface area contributed by atoms with Crippen LogP contribution in [0, 0.1) is 24.1 Å². The number of aryl methyl sites for hydroxylation is 1. The molecule has 1 aliphatic rings. The summed E-state index contributed by atoms with van der Waals surface area (Å²) in [6, 6.07) is 7.80. The maximum atomic E-state index is 14.0. The third kappa shape index (κ3) is 5.17. The second-order valence-corrected chi connectivity index (χ2v) is 8.90. The summed E-state index contributed by atoms with van der Waals surface area (Å²) >= 11 is 0. The van der Waals surface area contributed by atoms with Gasteiger partial charge in [0, 0.05) is 43.0 Å². The molecule has 0 spiro atoms. The van der Waals surface area contributed by atoms with Crippen LogP contribution in [0.4, 0.5) is 10.1 Å². The Morgan fingerprint density at radius 3 is 2.89 bits per heavy atom. The van der Waals surface area contributed by atoms with E-state index in [0.717, 1.165) is 42.8 Å². The van der Waals surface area contributed by atoms with Gasteiger partial charge in [0.15, 0.2) is 0 Å². The first-order chi connectivity index (χ1) is 16.8. The first-order valence-corrected chi connectivity index (χ1v) is 11.6. The highest BCUT2D eigenvalue weighted by molar-refractivity contribution is 6.08. The topological polar surface area (TPSA) is 103 Å². The van der Waals surface area contributed by atoms with Crippen molar-refractivity contribution in [3.05, 3.63) is 58.7 Å². The molecule has 182 valence electrons. The molecule has 0 unspecified atom stereocenters. The number of ether oxygens (including phenoxy) is 1. The molecule has 2 N–H and O–H groups in total. The molecule has 0 bridgehead atoms. The molecule has 1 aliphatic heterocycles. The van der Waals surface area contributed by atoms with E-state index in [4.69, 9.17) is 4.74 Å². The Morgan fingerprint density at radius 1 is 1.34 bits per heavy atom. The number of methoxy groups -OCH3 is 1. The van der Waals surface area contributed by atoms with Gasteiger partial charge < -0.3 is 20.3 Å². The minimum Gasteiger partial charge on any atom is -0.479 e. The summed E-state index contributed by atoms with van der Waals surface area (Å²) in [5, 5.41) is 16.4. The van der Waals surface area contributed by atoms with Crippen LogP contribution in [0.15, 0.2) is 30.5 Å². The number of halogens is 1. The van der Waals surface area contributed by atoms with Crippen molar-refractivity contribution in [1.29, 1.82) is 5.26 Å². The number of hydrogen-bond acceptors (Lipinski definition) is 7. The van der Waals surface area contributed by atoms with Gasteiger partial charge in [-0.15, -0.1) is 0 Å². The van der Waals surface area contributed by atoms with E-state index in [1.54, 1.807) is 26.3 Å². The molecule has 3 aromatic rings. The van der Waals surface area contributed by atoms with E-state index in [1.165, 1.54) is 12.1 Å². The maximum Gasteiger partial charge on any atom is 0.255 e. The van der Waals surface area contributed by atoms with Gasteiger partial charge in [0.25, 0.3) is 5.91 Å². The van der Waals surface area contributed by atoms with Gasteiger partial charge in [0.2, 0.25) is 5.88 Å². The molecule has 1 aromatic carbocycles. The van der Waals surface area contributed by atoms with Crippen LogP contribution >= 0.6 is 0 Å². The SMILES string of the molecule is COc1nc(C)cc2c(N3CCN[C@@H](C)CC3)c(C(=O)N[C@@H](C)c3cc(F)cc(C#N)c3)cnc12. The summed E-state index contributed by atoms with van der Waals surface area (Å²) in [6.45, 7) is 8.06. The first kappa shape index (κ1) is 24.4. The molecule has 1 saturated heterocycles. The Labute approximate surface area is 204 Å². The van der Waals surface area contributed by atoms with Crippen molar-refractivity contribution in [3.63, 3.8) is 0 Å². The number of anilines is 1. The van der Waals surface area contributed by atoms with Crippen LogP contribution in [-0.2, 0) is 0 Å². The number of carbonyl (C=O) groups excluding carboxylic acids is 1. The van der Waals surface area contributed by atoms with Crippen molar-refractivity contribution >= 4 is 22.5 Å². The second kappa shape index (κ2) is 10.2. The maximum absolute atomic E-state index is 14.0. The van der Waals surface area contributed by atoms with Crippen molar-refractivity contribution in [2.24, 2.45) is 0 Å². The minimum atomic E-state index is -0.520. The zero-order valence-corrected chi connectivity index (χ0v) is 20.4. The van der Waals surface area contributed by atoms with Crippen molar-refractivity contribution in [3.8, 4) is 11.9 Å². The highest BCUT2D eigenvalue weighted by Crippen LogP contribution is 2.34. The normalized spacial score (nSPS) is 16.9. The van der Waals surface area contributed by atoms with Crippen LogP contribution in [0.1, 0.15) is 53.5 Å². The number of nitriles is 1. The number of aromatic nitrogens is 2. The zero-order chi connectivity index (χ0) is 25.1. The smallest absolute Gasteiger partial charge is 0.255 e. The Morgan fingerprint density at radius 2 is 2.14 bits per heavy atom. The van der Waals surface area contributed by atoms with E-state index in [0.29, 0.717) is 28.6 Å². The van der Waals surface area contributed by atoms with Crippen LogP contribution in [0.25, 0.3) is 10.9 Å². The standard InChI is InChI=1S/C26H29FN6O2/c1-15-5-7-33(8-6-29-15)24-21-9-16(2)31-26(35-4)23(21)30-14-22(24)25(34)32-17(3)19-10-18(13-28)11-20(27)12-19/h9-12,14-15,17,29H,5-8H2,1-4H3,(H,32,34)/t15-,17-/m0/s1. The molecule has 0 saturated carbocycles. The summed E-state index contributed by atoms with van der Waals surface area (Å²) in [5.41, 5.74) is 3.26. The van der Waals surface area contributed by atoms with Gasteiger partial charge in [-0.25, -0.2) is 14.4 Å². The summed E-state index contributed by atoms with van der Waals surface area (Å²) in [4.78, 5) is 24.8. The predicted molar refractivity (Wildman–Crippen MR) is 132 cm³/mol. The molecular formula is C26H29FN6O2. The van der Waals surface area contributed by atoms with Crippen LogP contribution in [0.2, 0.25) is 0 Å². The molecule has 2 atom stereocenters. The molecule has 8 nitrogen and oxygen atoms in total. The van der Waals surface area contributed by atoms with Crippen LogP contribution in [0.3, 0.4) is 0 Å². The second-order valence-electron chi connectivity index (χ2n) is 8.90. The molecule has 4 rings (SSSR count). The summed E-state index contributed by atoms with van der Waals surface area (Å²) in [5.74, 6) is -0.440. The number of benzene rings is 1. The van der Waals surface area contributed by atoms with Crippen molar-refractivity contribution in [1.82, 2.24) is 20.6 Å². The highest BCUT2D eigenvalue weighted by Gasteiger charge is 2.25. The number of nitrogens with one attached hydrogen (secondary N) is 2. The number of carbonyl (C=O) groups is 1. The lowest BCUT2D eigenvalue weighted by Crippen LogP contribution is -2.33. The largest absolute Gasteiger partial charge is 0.479 e. The molecule has 1 fully saturated rings. The van der Waals surface area contributed by atoms with E-state index in [1.807, 2.05) is 19.1 Å². The molecule has 2 aromatic heterocycles. The number of fused-ring (bicyclic) bond motifs is 1. The number of rotatable bonds is 5. The summed E-state index contributed by atoms with van der Waals surface area (Å²) in [6.07, 6.45) is 2.47. The third-order valence-corrected chi connectivity index (χ3v) is 6.28. The monoisotopic (exact) mass is 476 g/mol. The lowest BCUT2D eigenvalue weighted by Gasteiger charge is -2.27. The zero-order valence-electron chi connectivity index (χ0n) is 20.4. The summed E-state index contributed by atoms with van der Waals surface area (Å²) in [7, 11) is 1.55. The van der Waals surface area contributed by atoms with Gasteiger partial charge in [-0.2, -0.15) is 5.26 Å². The van der Waals surface area contributed by atoms with Crippen molar-refractivity contribution in [2.75, 3.05) is 31.6 Å². The van der Waals surface area contributed by atoms with E-state index < -0.39 is 11.9 Å². The van der Waals surface area contributed by atoms with E-state index in [2.05, 4.69) is 32.4 Å². The number of nitrogens with zero attached hydrogens (tertiary/aromatic N) is 4. The van der Waals surface area contributed by atoms with Crippen LogP contribution in [0.5, 0.6) is 5.88 Å². The van der Waals surface area contributed by atoms with Gasteiger partial charge in [-0.3, -0.25) is 4.79 Å². The Kier molecular flexibility index (Phi) is 7.12. The van der Waals surface area contributed by atoms with E-state index in [-0.39, 0.29) is 11.5 Å². The summed E-state index contributed by atoms with van der Waals surface area (Å²) < 4.78 is 19.5. The Hall–Kier alpha value is -3.77. The van der Waals surface area contributed by atoms with Gasteiger partial charge in [-0.1, -0.05) is 0 Å². The number of pyridine rings is 2. The molecule has 1 amide bonds. The number of amides is 1. The van der Waals surface area contributed by atoms with Crippen molar-refractivity contribution in [2.45, 2.75) is 39.3 Å². The first-order valence-electron chi connectivity index (χ1n) is 11.6. The highest BCUT2D eigenvalue weighted by atomic mass is 19.1. The molecule has 35 heavy (non-hydrogen) atoms. The van der Waals surface area contributed by atoms with Gasteiger partial charge in [0.05, 0.1) is 36.0 Å². The fourth-order valence-electron chi connectivity index (χ4n) is 4.45. The lowest BCUT2D eigenvalue weighted by atomic mass is 10.0. The molecular weight excluding hydrogens is 447 g/mol. The quantitative estimate of drug-likeness (QED) is 0.580. The Bertz CT molecular complexity index is 1310. The predicted octanol–water partition coefficient (Wildman–Crippen LogP) is 3.64. The molecule has 0 aliphatic carbocycles. The Balaban J connectivity index is 1.78. The van der Waals surface area contributed by atoms with Gasteiger partial charge >= 0.3 is 0 Å². The van der Waals surface area contributed by atoms with Crippen LogP contribution in [-0.4, -0.2) is 48.7 Å². The van der Waals surface area contributed by atoms with E-state index in [9.17, 15) is 14.4 Å². The molecule has 9 heteroatoms. The fourth-order valence-corrected chi connectivity index (χ4v) is 4.45. The average molecular weight is 477 g/mol. The number of hydrogen-bond donors (Lipinski definition) is 2. The fraction of sp³-hybridized carbons (Fsp3) is 0.385. The van der Waals surface area contributed by atoms with Crippen LogP contribution < -0.4 is 20.3 Å². The lowest BCUT2D eigenvalue weighted by molar-refractivity contribution is 0.0940. The molecule has 0 radical (unpaired) electrons.